The van der Waals surface area contributed by atoms with Gasteiger partial charge in [-0.3, -0.25) is 9.10 Å². The maximum absolute atomic E-state index is 13.5. The number of hydrogen-bond acceptors (Lipinski definition) is 4. The number of benzene rings is 3. The second kappa shape index (κ2) is 8.67. The highest BCUT2D eigenvalue weighted by Crippen LogP contribution is 2.43. The van der Waals surface area contributed by atoms with Crippen LogP contribution in [0.15, 0.2) is 78.9 Å². The first-order chi connectivity index (χ1) is 15.3. The molecule has 3 aromatic carbocycles. The Morgan fingerprint density at radius 2 is 1.59 bits per heavy atom. The molecule has 0 N–H and O–H groups in total. The molecule has 0 unspecified atom stereocenters. The Morgan fingerprint density at radius 1 is 0.969 bits per heavy atom. The van der Waals surface area contributed by atoms with Crippen LogP contribution in [-0.4, -0.2) is 33.7 Å². The summed E-state index contributed by atoms with van der Waals surface area (Å²) < 4.78 is 32.4. The van der Waals surface area contributed by atoms with E-state index in [9.17, 15) is 13.2 Å². The number of nitrogens with zero attached hydrogens (tertiary/aromatic N) is 2. The summed E-state index contributed by atoms with van der Waals surface area (Å²) in [6.07, 6.45) is 1.70. The number of amides is 1. The predicted octanol–water partition coefficient (Wildman–Crippen LogP) is 4.64. The first-order valence-corrected chi connectivity index (χ1v) is 12.3. The summed E-state index contributed by atoms with van der Waals surface area (Å²) in [5, 5.41) is 0. The molecule has 0 bridgehead atoms. The lowest BCUT2D eigenvalue weighted by molar-refractivity contribution is 0.0974. The van der Waals surface area contributed by atoms with Crippen LogP contribution >= 0.6 is 0 Å². The van der Waals surface area contributed by atoms with Crippen molar-refractivity contribution in [2.45, 2.75) is 25.4 Å². The first-order valence-electron chi connectivity index (χ1n) is 10.4. The van der Waals surface area contributed by atoms with Crippen molar-refractivity contribution < 1.29 is 17.9 Å². The number of ether oxygens (including phenoxy) is 1. The number of sulfonamides is 1. The van der Waals surface area contributed by atoms with Crippen molar-refractivity contribution in [3.63, 3.8) is 0 Å². The Bertz CT molecular complexity index is 1210. The summed E-state index contributed by atoms with van der Waals surface area (Å²) >= 11 is 0. The molecular weight excluding hydrogens is 424 g/mol. The van der Waals surface area contributed by atoms with Crippen LogP contribution in [0.1, 0.15) is 35.3 Å². The third-order valence-corrected chi connectivity index (χ3v) is 6.95. The molecule has 1 heterocycles. The molecule has 4 rings (SSSR count). The van der Waals surface area contributed by atoms with E-state index in [1.807, 2.05) is 49.4 Å². The van der Waals surface area contributed by atoms with Crippen molar-refractivity contribution in [1.29, 1.82) is 0 Å². The summed E-state index contributed by atoms with van der Waals surface area (Å²) in [5.41, 5.74) is 2.69. The monoisotopic (exact) mass is 450 g/mol. The highest BCUT2D eigenvalue weighted by atomic mass is 32.2. The van der Waals surface area contributed by atoms with Gasteiger partial charge in [0.15, 0.2) is 0 Å². The van der Waals surface area contributed by atoms with E-state index in [1.54, 1.807) is 48.4 Å². The first kappa shape index (κ1) is 21.9. The number of fused-ring (bicyclic) bond motifs is 1. The normalized spacial score (nSPS) is 18.0. The standard InChI is InChI=1S/C25H26N2O4S/c1-18-17-24(27(32(3,29)30)20-9-5-4-6-10-20)22-11-7-8-12-23(22)26(18)25(28)19-13-15-21(31-2)16-14-19/h4-16,18,24H,17H2,1-3H3/t18-,24-/m0/s1. The number of methoxy groups -OCH3 is 1. The van der Waals surface area contributed by atoms with Gasteiger partial charge in [-0.25, -0.2) is 8.42 Å². The maximum atomic E-state index is 13.5. The van der Waals surface area contributed by atoms with Crippen LogP contribution in [0.3, 0.4) is 0 Å². The second-order valence-corrected chi connectivity index (χ2v) is 9.82. The molecule has 0 spiro atoms. The number of carbonyl (C=O) groups excluding carboxylic acids is 1. The molecule has 1 aliphatic heterocycles. The Kier molecular flexibility index (Phi) is 5.93. The highest BCUT2D eigenvalue weighted by Gasteiger charge is 2.39. The van der Waals surface area contributed by atoms with Crippen LogP contribution in [-0.2, 0) is 10.0 Å². The largest absolute Gasteiger partial charge is 0.497 e. The number of para-hydroxylation sites is 2. The summed E-state index contributed by atoms with van der Waals surface area (Å²) in [7, 11) is -1.98. The summed E-state index contributed by atoms with van der Waals surface area (Å²) in [6, 6.07) is 23.0. The van der Waals surface area contributed by atoms with E-state index in [2.05, 4.69) is 0 Å². The molecular formula is C25H26N2O4S. The van der Waals surface area contributed by atoms with E-state index >= 15 is 0 Å². The van der Waals surface area contributed by atoms with Gasteiger partial charge in [-0.05, 0) is 61.4 Å². The average molecular weight is 451 g/mol. The quantitative estimate of drug-likeness (QED) is 0.568. The molecule has 32 heavy (non-hydrogen) atoms. The molecule has 6 nitrogen and oxygen atoms in total. The zero-order valence-electron chi connectivity index (χ0n) is 18.3. The van der Waals surface area contributed by atoms with Crippen molar-refractivity contribution in [1.82, 2.24) is 0 Å². The molecule has 2 atom stereocenters. The number of hydrogen-bond donors (Lipinski definition) is 0. The summed E-state index contributed by atoms with van der Waals surface area (Å²) in [6.45, 7) is 1.95. The smallest absolute Gasteiger partial charge is 0.258 e. The van der Waals surface area contributed by atoms with Gasteiger partial charge in [0.1, 0.15) is 5.75 Å². The van der Waals surface area contributed by atoms with Crippen molar-refractivity contribution in [2.24, 2.45) is 0 Å². The molecule has 0 fully saturated rings. The number of rotatable bonds is 5. The average Bonchev–Trinajstić information content (AvgIpc) is 2.79. The van der Waals surface area contributed by atoms with E-state index in [-0.39, 0.29) is 11.9 Å². The van der Waals surface area contributed by atoms with Crippen LogP contribution in [0.25, 0.3) is 0 Å². The van der Waals surface area contributed by atoms with E-state index in [0.29, 0.717) is 23.4 Å². The molecule has 0 saturated heterocycles. The van der Waals surface area contributed by atoms with Gasteiger partial charge in [0, 0.05) is 17.3 Å². The van der Waals surface area contributed by atoms with Crippen LogP contribution in [0.5, 0.6) is 5.75 Å². The van der Waals surface area contributed by atoms with Gasteiger partial charge >= 0.3 is 0 Å². The molecule has 1 aliphatic rings. The Hall–Kier alpha value is -3.32. The number of anilines is 2. The predicted molar refractivity (Wildman–Crippen MR) is 127 cm³/mol. The Balaban J connectivity index is 1.79. The SMILES string of the molecule is COc1ccc(C(=O)N2c3ccccc3[C@@H](N(c3ccccc3)S(C)(=O)=O)C[C@@H]2C)cc1. The van der Waals surface area contributed by atoms with Crippen molar-refractivity contribution in [3.05, 3.63) is 90.0 Å². The van der Waals surface area contributed by atoms with E-state index in [1.165, 1.54) is 10.6 Å². The lowest BCUT2D eigenvalue weighted by Gasteiger charge is -2.43. The van der Waals surface area contributed by atoms with Crippen molar-refractivity contribution >= 4 is 27.3 Å². The van der Waals surface area contributed by atoms with Gasteiger partial charge < -0.3 is 9.64 Å². The fourth-order valence-electron chi connectivity index (χ4n) is 4.36. The molecule has 3 aromatic rings. The Labute approximate surface area is 189 Å². The van der Waals surface area contributed by atoms with Gasteiger partial charge in [0.25, 0.3) is 5.91 Å². The van der Waals surface area contributed by atoms with Crippen molar-refractivity contribution in [2.75, 3.05) is 22.6 Å². The lowest BCUT2D eigenvalue weighted by atomic mass is 9.90. The maximum Gasteiger partial charge on any atom is 0.258 e. The fraction of sp³-hybridized carbons (Fsp3) is 0.240. The van der Waals surface area contributed by atoms with E-state index in [0.717, 1.165) is 11.3 Å². The minimum atomic E-state index is -3.57. The molecule has 0 radical (unpaired) electrons. The summed E-state index contributed by atoms with van der Waals surface area (Å²) in [4.78, 5) is 15.2. The molecule has 1 amide bonds. The zero-order valence-corrected chi connectivity index (χ0v) is 19.1. The molecule has 0 saturated carbocycles. The van der Waals surface area contributed by atoms with E-state index < -0.39 is 16.1 Å². The highest BCUT2D eigenvalue weighted by molar-refractivity contribution is 7.92. The van der Waals surface area contributed by atoms with Crippen LogP contribution in [0.4, 0.5) is 11.4 Å². The van der Waals surface area contributed by atoms with E-state index in [4.69, 9.17) is 4.74 Å². The van der Waals surface area contributed by atoms with Gasteiger partial charge in [-0.15, -0.1) is 0 Å². The number of carbonyl (C=O) groups is 1. The molecule has 0 aromatic heterocycles. The molecule has 7 heteroatoms. The Morgan fingerprint density at radius 3 is 2.22 bits per heavy atom. The summed E-state index contributed by atoms with van der Waals surface area (Å²) in [5.74, 6) is 0.553. The molecule has 0 aliphatic carbocycles. The minimum Gasteiger partial charge on any atom is -0.497 e. The second-order valence-electron chi connectivity index (χ2n) is 7.96. The topological polar surface area (TPSA) is 66.9 Å². The van der Waals surface area contributed by atoms with Crippen LogP contribution in [0.2, 0.25) is 0 Å². The van der Waals surface area contributed by atoms with Crippen LogP contribution < -0.4 is 13.9 Å². The van der Waals surface area contributed by atoms with Gasteiger partial charge in [0.05, 0.1) is 25.1 Å². The zero-order chi connectivity index (χ0) is 22.9. The van der Waals surface area contributed by atoms with Gasteiger partial charge in [0.2, 0.25) is 10.0 Å². The fourth-order valence-corrected chi connectivity index (χ4v) is 5.53. The van der Waals surface area contributed by atoms with Crippen molar-refractivity contribution in [3.8, 4) is 5.75 Å². The lowest BCUT2D eigenvalue weighted by Crippen LogP contribution is -2.47. The third-order valence-electron chi connectivity index (χ3n) is 5.77. The van der Waals surface area contributed by atoms with Crippen LogP contribution in [0, 0.1) is 0 Å². The van der Waals surface area contributed by atoms with Gasteiger partial charge in [-0.1, -0.05) is 36.4 Å². The third kappa shape index (κ3) is 4.08. The van der Waals surface area contributed by atoms with Gasteiger partial charge in [-0.2, -0.15) is 0 Å². The minimum absolute atomic E-state index is 0.128. The molecule has 166 valence electrons.